The normalized spacial score (nSPS) is 21.5. The predicted molar refractivity (Wildman–Crippen MR) is 75.9 cm³/mol. The highest BCUT2D eigenvalue weighted by Gasteiger charge is 2.36. The van der Waals surface area contributed by atoms with Crippen LogP contribution in [0.25, 0.3) is 0 Å². The van der Waals surface area contributed by atoms with E-state index in [2.05, 4.69) is 0 Å². The van der Waals surface area contributed by atoms with Crippen LogP contribution in [-0.4, -0.2) is 18.0 Å². The van der Waals surface area contributed by atoms with E-state index in [0.717, 1.165) is 36.8 Å². The number of anilines is 1. The number of sulfonamides is 1. The van der Waals surface area contributed by atoms with E-state index in [1.165, 1.54) is 6.42 Å². The first kappa shape index (κ1) is 12.9. The summed E-state index contributed by atoms with van der Waals surface area (Å²) in [5.41, 5.74) is 8.61. The van der Waals surface area contributed by atoms with Gasteiger partial charge in [0, 0.05) is 18.8 Å². The second-order valence-electron chi connectivity index (χ2n) is 5.60. The lowest BCUT2D eigenvalue weighted by Gasteiger charge is -2.26. The molecule has 2 N–H and O–H groups in total. The number of nitrogen functional groups attached to an aromatic ring is 1. The number of rotatable bonds is 2. The molecule has 0 unspecified atom stereocenters. The second-order valence-corrected chi connectivity index (χ2v) is 7.81. The zero-order chi connectivity index (χ0) is 13.5. The molecule has 1 aliphatic carbocycles. The number of nitrogens with zero attached hydrogens (tertiary/aromatic N) is 1. The molecular formula is C14H20N2O2S. The maximum atomic E-state index is 12.6. The van der Waals surface area contributed by atoms with Gasteiger partial charge in [0.1, 0.15) is 0 Å². The zero-order valence-corrected chi connectivity index (χ0v) is 11.8. The molecule has 1 aromatic carbocycles. The molecule has 0 saturated heterocycles. The molecule has 0 amide bonds. The Morgan fingerprint density at radius 3 is 2.47 bits per heavy atom. The summed E-state index contributed by atoms with van der Waals surface area (Å²) in [4.78, 5) is 0. The van der Waals surface area contributed by atoms with Crippen LogP contribution < -0.4 is 5.73 Å². The Labute approximate surface area is 114 Å². The largest absolute Gasteiger partial charge is 0.399 e. The van der Waals surface area contributed by atoms with Gasteiger partial charge in [-0.3, -0.25) is 0 Å². The Morgan fingerprint density at radius 1 is 1.05 bits per heavy atom. The fourth-order valence-electron chi connectivity index (χ4n) is 3.14. The van der Waals surface area contributed by atoms with Gasteiger partial charge in [-0.1, -0.05) is 25.3 Å². The smallest absolute Gasteiger partial charge is 0.217 e. The Kier molecular flexibility index (Phi) is 3.27. The lowest BCUT2D eigenvalue weighted by Crippen LogP contribution is -2.36. The number of hydrogen-bond acceptors (Lipinski definition) is 3. The third kappa shape index (κ3) is 2.37. The van der Waals surface area contributed by atoms with Gasteiger partial charge in [-0.05, 0) is 36.1 Å². The van der Waals surface area contributed by atoms with E-state index in [-0.39, 0.29) is 5.25 Å². The van der Waals surface area contributed by atoms with E-state index in [4.69, 9.17) is 5.73 Å². The van der Waals surface area contributed by atoms with Crippen molar-refractivity contribution in [1.29, 1.82) is 0 Å². The van der Waals surface area contributed by atoms with Crippen molar-refractivity contribution < 1.29 is 8.42 Å². The molecule has 3 rings (SSSR count). The van der Waals surface area contributed by atoms with Crippen LogP contribution in [0.3, 0.4) is 0 Å². The molecule has 19 heavy (non-hydrogen) atoms. The van der Waals surface area contributed by atoms with Crippen molar-refractivity contribution in [2.45, 2.75) is 50.4 Å². The number of hydrogen-bond donors (Lipinski definition) is 1. The molecule has 0 aromatic heterocycles. The summed E-state index contributed by atoms with van der Waals surface area (Å²) in [7, 11) is -3.15. The second kappa shape index (κ2) is 4.80. The topological polar surface area (TPSA) is 63.4 Å². The van der Waals surface area contributed by atoms with Crippen LogP contribution in [0.5, 0.6) is 0 Å². The summed E-state index contributed by atoms with van der Waals surface area (Å²) in [5, 5.41) is -0.173. The molecule has 1 aliphatic heterocycles. The molecule has 1 heterocycles. The molecule has 0 radical (unpaired) electrons. The number of benzene rings is 1. The Bertz CT molecular complexity index is 577. The van der Waals surface area contributed by atoms with E-state index in [9.17, 15) is 8.42 Å². The summed E-state index contributed by atoms with van der Waals surface area (Å²) in [6, 6.07) is 5.68. The SMILES string of the molecule is Nc1ccc2c(c1)CN(S(=O)(=O)C1CCCCC1)C2. The first-order chi connectivity index (χ1) is 9.07. The van der Waals surface area contributed by atoms with Crippen LogP contribution >= 0.6 is 0 Å². The quantitative estimate of drug-likeness (QED) is 0.845. The standard InChI is InChI=1S/C14H20N2O2S/c15-13-7-6-11-9-16(10-12(11)8-13)19(17,18)14-4-2-1-3-5-14/h6-8,14H,1-5,9-10,15H2. The van der Waals surface area contributed by atoms with Gasteiger partial charge in [0.15, 0.2) is 0 Å². The van der Waals surface area contributed by atoms with Crippen molar-refractivity contribution in [2.24, 2.45) is 0 Å². The van der Waals surface area contributed by atoms with E-state index in [1.807, 2.05) is 18.2 Å². The highest BCUT2D eigenvalue weighted by atomic mass is 32.2. The average molecular weight is 280 g/mol. The maximum absolute atomic E-state index is 12.6. The molecule has 1 fully saturated rings. The number of nitrogens with two attached hydrogens (primary N) is 1. The van der Waals surface area contributed by atoms with E-state index in [1.54, 1.807) is 4.31 Å². The summed E-state index contributed by atoms with van der Waals surface area (Å²) < 4.78 is 26.9. The van der Waals surface area contributed by atoms with Crippen molar-refractivity contribution in [3.8, 4) is 0 Å². The summed E-state index contributed by atoms with van der Waals surface area (Å²) in [6.07, 6.45) is 4.88. The van der Waals surface area contributed by atoms with Gasteiger partial charge in [0.05, 0.1) is 5.25 Å². The van der Waals surface area contributed by atoms with Crippen LogP contribution in [-0.2, 0) is 23.1 Å². The van der Waals surface area contributed by atoms with Crippen LogP contribution in [0.1, 0.15) is 43.2 Å². The van der Waals surface area contributed by atoms with Crippen LogP contribution in [0.15, 0.2) is 18.2 Å². The van der Waals surface area contributed by atoms with Crippen molar-refractivity contribution in [2.75, 3.05) is 5.73 Å². The van der Waals surface area contributed by atoms with Crippen molar-refractivity contribution in [3.63, 3.8) is 0 Å². The Balaban J connectivity index is 1.81. The molecular weight excluding hydrogens is 260 g/mol. The van der Waals surface area contributed by atoms with E-state index >= 15 is 0 Å². The van der Waals surface area contributed by atoms with Gasteiger partial charge in [0.25, 0.3) is 0 Å². The number of fused-ring (bicyclic) bond motifs is 1. The predicted octanol–water partition coefficient (Wildman–Crippen LogP) is 2.25. The molecule has 1 saturated carbocycles. The van der Waals surface area contributed by atoms with Crippen LogP contribution in [0.2, 0.25) is 0 Å². The Hall–Kier alpha value is -1.07. The highest BCUT2D eigenvalue weighted by molar-refractivity contribution is 7.89. The molecule has 1 aromatic rings. The third-order valence-corrected chi connectivity index (χ3v) is 6.55. The van der Waals surface area contributed by atoms with Gasteiger partial charge in [-0.2, -0.15) is 4.31 Å². The summed E-state index contributed by atoms with van der Waals surface area (Å²) in [6.45, 7) is 0.994. The van der Waals surface area contributed by atoms with Gasteiger partial charge in [-0.25, -0.2) is 8.42 Å². The first-order valence-corrected chi connectivity index (χ1v) is 8.44. The van der Waals surface area contributed by atoms with E-state index in [0.29, 0.717) is 18.8 Å². The molecule has 104 valence electrons. The maximum Gasteiger partial charge on any atom is 0.217 e. The first-order valence-electron chi connectivity index (χ1n) is 6.93. The van der Waals surface area contributed by atoms with Gasteiger partial charge >= 0.3 is 0 Å². The third-order valence-electron chi connectivity index (χ3n) is 4.26. The summed E-state index contributed by atoms with van der Waals surface area (Å²) >= 11 is 0. The van der Waals surface area contributed by atoms with Gasteiger partial charge < -0.3 is 5.73 Å². The van der Waals surface area contributed by atoms with Crippen molar-refractivity contribution in [3.05, 3.63) is 29.3 Å². The zero-order valence-electron chi connectivity index (χ0n) is 11.0. The van der Waals surface area contributed by atoms with Crippen molar-refractivity contribution >= 4 is 15.7 Å². The lowest BCUT2D eigenvalue weighted by atomic mass is 10.0. The Morgan fingerprint density at radius 2 is 1.74 bits per heavy atom. The minimum Gasteiger partial charge on any atom is -0.399 e. The molecule has 0 bridgehead atoms. The van der Waals surface area contributed by atoms with Crippen LogP contribution in [0, 0.1) is 0 Å². The van der Waals surface area contributed by atoms with E-state index < -0.39 is 10.0 Å². The highest BCUT2D eigenvalue weighted by Crippen LogP contribution is 2.32. The molecule has 4 nitrogen and oxygen atoms in total. The fraction of sp³-hybridized carbons (Fsp3) is 0.571. The lowest BCUT2D eigenvalue weighted by molar-refractivity contribution is 0.400. The minimum absolute atomic E-state index is 0.173. The fourth-order valence-corrected chi connectivity index (χ4v) is 5.13. The van der Waals surface area contributed by atoms with Crippen molar-refractivity contribution in [1.82, 2.24) is 4.31 Å². The van der Waals surface area contributed by atoms with Gasteiger partial charge in [-0.15, -0.1) is 0 Å². The molecule has 0 atom stereocenters. The monoisotopic (exact) mass is 280 g/mol. The minimum atomic E-state index is -3.15. The molecule has 2 aliphatic rings. The summed E-state index contributed by atoms with van der Waals surface area (Å²) in [5.74, 6) is 0. The average Bonchev–Trinajstić information content (AvgIpc) is 2.83. The van der Waals surface area contributed by atoms with Crippen LogP contribution in [0.4, 0.5) is 5.69 Å². The molecule has 5 heteroatoms. The molecule has 0 spiro atoms. The van der Waals surface area contributed by atoms with Gasteiger partial charge in [0.2, 0.25) is 10.0 Å².